The van der Waals surface area contributed by atoms with Crippen LogP contribution in [0, 0.1) is 16.2 Å². The monoisotopic (exact) mass is 170 g/mol. The van der Waals surface area contributed by atoms with Crippen LogP contribution in [0.25, 0.3) is 0 Å². The molecule has 0 atom stereocenters. The maximum Gasteiger partial charge on any atom is -0.0254 e. The first-order valence-corrected chi connectivity index (χ1v) is 5.06. The molecule has 0 aromatic heterocycles. The van der Waals surface area contributed by atoms with Gasteiger partial charge in [0, 0.05) is 0 Å². The van der Waals surface area contributed by atoms with E-state index in [0.29, 0.717) is 16.2 Å². The summed E-state index contributed by atoms with van der Waals surface area (Å²) >= 11 is 0. The zero-order valence-corrected chi connectivity index (χ0v) is 10.2. The van der Waals surface area contributed by atoms with Crippen LogP contribution in [-0.2, 0) is 0 Å². The van der Waals surface area contributed by atoms with Gasteiger partial charge in [-0.05, 0) is 16.2 Å². The molecular formula is C12H26. The highest BCUT2D eigenvalue weighted by atomic mass is 14.5. The Balaban J connectivity index is 4.85. The normalized spacial score (nSPS) is 15.0. The Morgan fingerprint density at radius 1 is 0.750 bits per heavy atom. The summed E-state index contributed by atoms with van der Waals surface area (Å²) in [7, 11) is 0. The first kappa shape index (κ1) is 12.0. The van der Waals surface area contributed by atoms with E-state index < -0.39 is 0 Å². The van der Waals surface area contributed by atoms with Crippen molar-refractivity contribution in [3.8, 4) is 0 Å². The zero-order valence-electron chi connectivity index (χ0n) is 10.2. The van der Waals surface area contributed by atoms with Gasteiger partial charge in [0.05, 0.1) is 0 Å². The summed E-state index contributed by atoms with van der Waals surface area (Å²) in [5.41, 5.74) is 1.19. The fourth-order valence-electron chi connectivity index (χ4n) is 1.46. The Kier molecular flexibility index (Phi) is 3.05. The fraction of sp³-hybridized carbons (Fsp3) is 1.00. The quantitative estimate of drug-likeness (QED) is 0.572. The van der Waals surface area contributed by atoms with Crippen LogP contribution in [0.2, 0.25) is 0 Å². The van der Waals surface area contributed by atoms with Gasteiger partial charge in [-0.2, -0.15) is 0 Å². The molecule has 0 spiro atoms. The minimum absolute atomic E-state index is 0.381. The molecule has 0 saturated heterocycles. The van der Waals surface area contributed by atoms with Gasteiger partial charge in [-0.3, -0.25) is 0 Å². The average molecular weight is 170 g/mol. The fourth-order valence-corrected chi connectivity index (χ4v) is 1.46. The summed E-state index contributed by atoms with van der Waals surface area (Å²) in [6, 6.07) is 0. The Morgan fingerprint density at radius 3 is 1.17 bits per heavy atom. The van der Waals surface area contributed by atoms with E-state index in [2.05, 4.69) is 55.4 Å². The third kappa shape index (κ3) is 1.84. The van der Waals surface area contributed by atoms with E-state index in [9.17, 15) is 0 Å². The van der Waals surface area contributed by atoms with Gasteiger partial charge in [0.1, 0.15) is 0 Å². The van der Waals surface area contributed by atoms with Crippen LogP contribution in [0.15, 0.2) is 0 Å². The van der Waals surface area contributed by atoms with Gasteiger partial charge in [0.2, 0.25) is 0 Å². The van der Waals surface area contributed by atoms with E-state index in [1.54, 1.807) is 0 Å². The lowest BCUT2D eigenvalue weighted by atomic mass is 9.55. The van der Waals surface area contributed by atoms with Gasteiger partial charge in [-0.1, -0.05) is 61.8 Å². The second-order valence-electron chi connectivity index (χ2n) is 6.11. The Morgan fingerprint density at radius 2 is 1.08 bits per heavy atom. The molecule has 74 valence electrons. The highest BCUT2D eigenvalue weighted by Gasteiger charge is 2.43. The molecule has 0 aliphatic heterocycles. The van der Waals surface area contributed by atoms with Gasteiger partial charge >= 0.3 is 0 Å². The van der Waals surface area contributed by atoms with Crippen molar-refractivity contribution in [3.63, 3.8) is 0 Å². The smallest absolute Gasteiger partial charge is 0.0254 e. The average Bonchev–Trinajstić information content (AvgIpc) is 1.85. The van der Waals surface area contributed by atoms with E-state index in [1.165, 1.54) is 6.42 Å². The number of hydrogen-bond donors (Lipinski definition) is 0. The van der Waals surface area contributed by atoms with E-state index in [1.807, 2.05) is 0 Å². The van der Waals surface area contributed by atoms with Crippen LogP contribution in [0.4, 0.5) is 0 Å². The molecule has 0 amide bonds. The lowest BCUT2D eigenvalue weighted by molar-refractivity contribution is -0.00993. The largest absolute Gasteiger partial charge is 0.0649 e. The van der Waals surface area contributed by atoms with Crippen molar-refractivity contribution in [2.45, 2.75) is 61.8 Å². The molecule has 0 aliphatic carbocycles. The molecule has 0 heterocycles. The Labute approximate surface area is 78.8 Å². The molecule has 0 aromatic carbocycles. The molecule has 0 fully saturated rings. The van der Waals surface area contributed by atoms with Crippen LogP contribution in [0.5, 0.6) is 0 Å². The van der Waals surface area contributed by atoms with Crippen molar-refractivity contribution in [2.24, 2.45) is 16.2 Å². The molecule has 0 bridgehead atoms. The van der Waals surface area contributed by atoms with Crippen LogP contribution < -0.4 is 0 Å². The standard InChI is InChI=1S/C12H26/c1-9-11(5,6)12(7,8)10(2,3)4/h9H2,1-8H3. The third-order valence-electron chi connectivity index (χ3n) is 4.45. The van der Waals surface area contributed by atoms with E-state index in [-0.39, 0.29) is 0 Å². The highest BCUT2D eigenvalue weighted by Crippen LogP contribution is 2.52. The van der Waals surface area contributed by atoms with E-state index >= 15 is 0 Å². The maximum absolute atomic E-state index is 2.39. The topological polar surface area (TPSA) is 0 Å². The second-order valence-corrected chi connectivity index (χ2v) is 6.11. The number of rotatable bonds is 2. The first-order chi connectivity index (χ1) is 5.06. The summed E-state index contributed by atoms with van der Waals surface area (Å²) < 4.78 is 0. The molecule has 0 rings (SSSR count). The van der Waals surface area contributed by atoms with Crippen LogP contribution in [0.3, 0.4) is 0 Å². The molecule has 0 aromatic rings. The van der Waals surface area contributed by atoms with Crippen molar-refractivity contribution in [3.05, 3.63) is 0 Å². The van der Waals surface area contributed by atoms with Crippen molar-refractivity contribution in [1.82, 2.24) is 0 Å². The lowest BCUT2D eigenvalue weighted by Gasteiger charge is -2.50. The summed E-state index contributed by atoms with van der Waals surface area (Å²) in [6.07, 6.45) is 1.25. The first-order valence-electron chi connectivity index (χ1n) is 5.06. The summed E-state index contributed by atoms with van der Waals surface area (Å²) in [5.74, 6) is 0. The van der Waals surface area contributed by atoms with Gasteiger partial charge in [-0.25, -0.2) is 0 Å². The molecule has 0 unspecified atom stereocenters. The van der Waals surface area contributed by atoms with Gasteiger partial charge < -0.3 is 0 Å². The second kappa shape index (κ2) is 3.05. The predicted molar refractivity (Wildman–Crippen MR) is 57.3 cm³/mol. The SMILES string of the molecule is CCC(C)(C)C(C)(C)C(C)(C)C. The van der Waals surface area contributed by atoms with Crippen LogP contribution >= 0.6 is 0 Å². The van der Waals surface area contributed by atoms with E-state index in [4.69, 9.17) is 0 Å². The lowest BCUT2D eigenvalue weighted by Crippen LogP contribution is -2.42. The highest BCUT2D eigenvalue weighted by molar-refractivity contribution is 4.93. The predicted octanol–water partition coefficient (Wildman–Crippen LogP) is 4.49. The van der Waals surface area contributed by atoms with E-state index in [0.717, 1.165) is 0 Å². The Hall–Kier alpha value is 0. The molecule has 0 heteroatoms. The molecule has 0 aliphatic rings. The number of hydrogen-bond acceptors (Lipinski definition) is 0. The summed E-state index contributed by atoms with van der Waals surface area (Å²) in [6.45, 7) is 18.8. The van der Waals surface area contributed by atoms with Crippen LogP contribution in [0.1, 0.15) is 61.8 Å². The van der Waals surface area contributed by atoms with Gasteiger partial charge in [-0.15, -0.1) is 0 Å². The molecule has 0 nitrogen and oxygen atoms in total. The van der Waals surface area contributed by atoms with Crippen molar-refractivity contribution < 1.29 is 0 Å². The third-order valence-corrected chi connectivity index (χ3v) is 4.45. The summed E-state index contributed by atoms with van der Waals surface area (Å²) in [5, 5.41) is 0. The zero-order chi connectivity index (χ0) is 10.2. The van der Waals surface area contributed by atoms with Crippen molar-refractivity contribution >= 4 is 0 Å². The molecule has 0 saturated carbocycles. The molecule has 0 N–H and O–H groups in total. The molecule has 12 heavy (non-hydrogen) atoms. The minimum Gasteiger partial charge on any atom is -0.0649 e. The molecule has 0 radical (unpaired) electrons. The van der Waals surface area contributed by atoms with Gasteiger partial charge in [0.15, 0.2) is 0 Å². The molecular weight excluding hydrogens is 144 g/mol. The summed E-state index contributed by atoms with van der Waals surface area (Å²) in [4.78, 5) is 0. The minimum atomic E-state index is 0.381. The van der Waals surface area contributed by atoms with Crippen molar-refractivity contribution in [1.29, 1.82) is 0 Å². The Bertz CT molecular complexity index is 144. The van der Waals surface area contributed by atoms with Crippen molar-refractivity contribution in [2.75, 3.05) is 0 Å². The van der Waals surface area contributed by atoms with Gasteiger partial charge in [0.25, 0.3) is 0 Å². The van der Waals surface area contributed by atoms with Crippen LogP contribution in [-0.4, -0.2) is 0 Å². The maximum atomic E-state index is 2.39.